The van der Waals surface area contributed by atoms with E-state index in [-0.39, 0.29) is 0 Å². The van der Waals surface area contributed by atoms with Crippen LogP contribution in [0.1, 0.15) is 18.1 Å². The fourth-order valence-electron chi connectivity index (χ4n) is 1.28. The van der Waals surface area contributed by atoms with Gasteiger partial charge in [0.25, 0.3) is 0 Å². The Kier molecular flexibility index (Phi) is 3.75. The van der Waals surface area contributed by atoms with Crippen LogP contribution in [0.5, 0.6) is 0 Å². The molecule has 0 saturated carbocycles. The van der Waals surface area contributed by atoms with Crippen LogP contribution in [0.15, 0.2) is 30.8 Å². The first-order chi connectivity index (χ1) is 6.79. The van der Waals surface area contributed by atoms with Gasteiger partial charge in [0.05, 0.1) is 19.1 Å². The molecule has 14 heavy (non-hydrogen) atoms. The third-order valence-electron chi connectivity index (χ3n) is 1.91. The Hall–Kier alpha value is -1.75. The molecule has 0 spiro atoms. The number of hydrogen-bond donors (Lipinski definition) is 0. The summed E-state index contributed by atoms with van der Waals surface area (Å²) in [6, 6.07) is 9.79. The highest BCUT2D eigenvalue weighted by atomic mass is 16.5. The van der Waals surface area contributed by atoms with Gasteiger partial charge >= 0.3 is 0 Å². The summed E-state index contributed by atoms with van der Waals surface area (Å²) in [6.45, 7) is 6.34. The molecule has 0 aliphatic rings. The van der Waals surface area contributed by atoms with Crippen molar-refractivity contribution < 1.29 is 4.74 Å². The van der Waals surface area contributed by atoms with Crippen LogP contribution in [-0.2, 0) is 11.2 Å². The van der Waals surface area contributed by atoms with E-state index in [1.807, 2.05) is 31.2 Å². The number of benzene rings is 1. The lowest BCUT2D eigenvalue weighted by Crippen LogP contribution is -1.95. The van der Waals surface area contributed by atoms with Crippen molar-refractivity contribution in [3.63, 3.8) is 0 Å². The molecule has 1 aromatic carbocycles. The van der Waals surface area contributed by atoms with Gasteiger partial charge in [-0.25, -0.2) is 0 Å². The second-order valence-electron chi connectivity index (χ2n) is 2.85. The summed E-state index contributed by atoms with van der Waals surface area (Å²) in [5.41, 5.74) is 1.89. The molecule has 0 N–H and O–H groups in total. The van der Waals surface area contributed by atoms with Gasteiger partial charge in [-0.3, -0.25) is 0 Å². The van der Waals surface area contributed by atoms with Crippen molar-refractivity contribution in [3.05, 3.63) is 42.0 Å². The van der Waals surface area contributed by atoms with E-state index in [1.54, 1.807) is 0 Å². The summed E-state index contributed by atoms with van der Waals surface area (Å²) < 4.78 is 5.31. The minimum atomic E-state index is 0.391. The molecule has 0 aromatic heterocycles. The molecule has 2 heteroatoms. The van der Waals surface area contributed by atoms with Crippen LogP contribution < -0.4 is 0 Å². The average Bonchev–Trinajstić information content (AvgIpc) is 2.19. The van der Waals surface area contributed by atoms with E-state index < -0.39 is 0 Å². The standard InChI is InChI=1S/C12H13NO/c1-3-14-10(2)12-7-5-4-6-11(12)8-9-13/h4-7H,2-3,8H2,1H3. The topological polar surface area (TPSA) is 33.0 Å². The Balaban J connectivity index is 2.95. The van der Waals surface area contributed by atoms with Crippen LogP contribution in [0.2, 0.25) is 0 Å². The number of hydrogen-bond acceptors (Lipinski definition) is 2. The highest BCUT2D eigenvalue weighted by Crippen LogP contribution is 2.18. The van der Waals surface area contributed by atoms with Gasteiger partial charge in [-0.2, -0.15) is 5.26 Å². The summed E-state index contributed by atoms with van der Waals surface area (Å²) in [5, 5.41) is 8.64. The highest BCUT2D eigenvalue weighted by Gasteiger charge is 2.04. The van der Waals surface area contributed by atoms with Crippen molar-refractivity contribution in [2.75, 3.05) is 6.61 Å². The van der Waals surface area contributed by atoms with E-state index in [9.17, 15) is 0 Å². The molecule has 0 aliphatic carbocycles. The highest BCUT2D eigenvalue weighted by molar-refractivity contribution is 5.61. The third kappa shape index (κ3) is 2.37. The third-order valence-corrected chi connectivity index (χ3v) is 1.91. The van der Waals surface area contributed by atoms with Gasteiger partial charge in [-0.15, -0.1) is 0 Å². The summed E-state index contributed by atoms with van der Waals surface area (Å²) in [6.07, 6.45) is 0.391. The first-order valence-corrected chi connectivity index (χ1v) is 4.56. The lowest BCUT2D eigenvalue weighted by atomic mass is 10.0. The summed E-state index contributed by atoms with van der Waals surface area (Å²) in [5.74, 6) is 0.637. The van der Waals surface area contributed by atoms with E-state index in [0.717, 1.165) is 11.1 Å². The van der Waals surface area contributed by atoms with Crippen LogP contribution in [-0.4, -0.2) is 6.61 Å². The van der Waals surface area contributed by atoms with Crippen LogP contribution in [0.25, 0.3) is 5.76 Å². The number of ether oxygens (including phenoxy) is 1. The van der Waals surface area contributed by atoms with Gasteiger partial charge in [0.1, 0.15) is 5.76 Å². The van der Waals surface area contributed by atoms with Crippen LogP contribution in [0.4, 0.5) is 0 Å². The Bertz CT molecular complexity index is 363. The quantitative estimate of drug-likeness (QED) is 0.679. The average molecular weight is 187 g/mol. The first kappa shape index (κ1) is 10.3. The molecule has 0 unspecified atom stereocenters. The molecule has 0 bridgehead atoms. The Morgan fingerprint density at radius 2 is 2.21 bits per heavy atom. The van der Waals surface area contributed by atoms with Crippen molar-refractivity contribution in [1.82, 2.24) is 0 Å². The van der Waals surface area contributed by atoms with E-state index in [0.29, 0.717) is 18.8 Å². The van der Waals surface area contributed by atoms with Crippen LogP contribution >= 0.6 is 0 Å². The van der Waals surface area contributed by atoms with Crippen molar-refractivity contribution in [1.29, 1.82) is 5.26 Å². The lowest BCUT2D eigenvalue weighted by molar-refractivity contribution is 0.299. The molecule has 72 valence electrons. The molecule has 1 rings (SSSR count). The molecule has 0 atom stereocenters. The van der Waals surface area contributed by atoms with E-state index in [4.69, 9.17) is 10.00 Å². The summed E-state index contributed by atoms with van der Waals surface area (Å²) in [7, 11) is 0. The monoisotopic (exact) mass is 187 g/mol. The normalized spacial score (nSPS) is 9.14. The fraction of sp³-hybridized carbons (Fsp3) is 0.250. The molecule has 0 amide bonds. The number of nitrogens with zero attached hydrogens (tertiary/aromatic N) is 1. The predicted octanol–water partition coefficient (Wildman–Crippen LogP) is 2.76. The van der Waals surface area contributed by atoms with Crippen molar-refractivity contribution in [3.8, 4) is 6.07 Å². The maximum atomic E-state index is 8.64. The van der Waals surface area contributed by atoms with Crippen LogP contribution in [0, 0.1) is 11.3 Å². The van der Waals surface area contributed by atoms with Crippen molar-refractivity contribution in [2.45, 2.75) is 13.3 Å². The second-order valence-corrected chi connectivity index (χ2v) is 2.85. The van der Waals surface area contributed by atoms with Crippen molar-refractivity contribution >= 4 is 5.76 Å². The zero-order valence-electron chi connectivity index (χ0n) is 8.29. The zero-order valence-corrected chi connectivity index (χ0v) is 8.29. The van der Waals surface area contributed by atoms with Gasteiger partial charge in [-0.05, 0) is 12.5 Å². The molecule has 2 nitrogen and oxygen atoms in total. The smallest absolute Gasteiger partial charge is 0.119 e. The summed E-state index contributed by atoms with van der Waals surface area (Å²) >= 11 is 0. The maximum absolute atomic E-state index is 8.64. The first-order valence-electron chi connectivity index (χ1n) is 4.56. The van der Waals surface area contributed by atoms with Gasteiger partial charge in [0.2, 0.25) is 0 Å². The molecule has 0 radical (unpaired) electrons. The van der Waals surface area contributed by atoms with E-state index in [1.165, 1.54) is 0 Å². The molecule has 0 saturated heterocycles. The number of rotatable bonds is 4. The molecular weight excluding hydrogens is 174 g/mol. The van der Waals surface area contributed by atoms with Gasteiger partial charge in [-0.1, -0.05) is 30.8 Å². The second kappa shape index (κ2) is 5.08. The van der Waals surface area contributed by atoms with Gasteiger partial charge < -0.3 is 4.74 Å². The summed E-state index contributed by atoms with van der Waals surface area (Å²) in [4.78, 5) is 0. The van der Waals surface area contributed by atoms with Crippen molar-refractivity contribution in [2.24, 2.45) is 0 Å². The molecule has 0 heterocycles. The Morgan fingerprint density at radius 1 is 1.50 bits per heavy atom. The molecule has 0 aliphatic heterocycles. The molecular formula is C12H13NO. The van der Waals surface area contributed by atoms with E-state index >= 15 is 0 Å². The number of nitriles is 1. The SMILES string of the molecule is C=C(OCC)c1ccccc1CC#N. The van der Waals surface area contributed by atoms with Gasteiger partial charge in [0.15, 0.2) is 0 Å². The Morgan fingerprint density at radius 3 is 2.86 bits per heavy atom. The molecule has 0 fully saturated rings. The zero-order chi connectivity index (χ0) is 10.4. The fourth-order valence-corrected chi connectivity index (χ4v) is 1.28. The maximum Gasteiger partial charge on any atom is 0.119 e. The van der Waals surface area contributed by atoms with Crippen LogP contribution in [0.3, 0.4) is 0 Å². The minimum absolute atomic E-state index is 0.391. The largest absolute Gasteiger partial charge is 0.494 e. The van der Waals surface area contributed by atoms with Gasteiger partial charge in [0, 0.05) is 5.56 Å². The Labute approximate surface area is 84.4 Å². The predicted molar refractivity (Wildman–Crippen MR) is 56.4 cm³/mol. The van der Waals surface area contributed by atoms with E-state index in [2.05, 4.69) is 12.6 Å². The lowest BCUT2D eigenvalue weighted by Gasteiger charge is -2.09. The molecule has 1 aromatic rings. The minimum Gasteiger partial charge on any atom is -0.494 e.